The molecule has 1 aromatic carbocycles. The Balaban J connectivity index is 1.45. The molecule has 2 saturated heterocycles. The van der Waals surface area contributed by atoms with E-state index >= 15 is 0 Å². The zero-order chi connectivity index (χ0) is 18.7. The number of amides is 1. The number of hydrogen-bond acceptors (Lipinski definition) is 3. The van der Waals surface area contributed by atoms with Crippen molar-refractivity contribution in [3.05, 3.63) is 42.0 Å². The Bertz CT molecular complexity index is 666. The van der Waals surface area contributed by atoms with Crippen molar-refractivity contribution in [3.8, 4) is 0 Å². The first kappa shape index (κ1) is 18.7. The summed E-state index contributed by atoms with van der Waals surface area (Å²) in [4.78, 5) is 18.2. The quantitative estimate of drug-likeness (QED) is 0.885. The zero-order valence-electron chi connectivity index (χ0n) is 16.2. The van der Waals surface area contributed by atoms with Gasteiger partial charge in [-0.25, -0.2) is 0 Å². The molecular weight excluding hydrogens is 336 g/mol. The van der Waals surface area contributed by atoms with Crippen LogP contribution >= 0.6 is 0 Å². The molecule has 3 fully saturated rings. The number of aliphatic hydroxyl groups is 1. The lowest BCUT2D eigenvalue weighted by Gasteiger charge is -2.48. The van der Waals surface area contributed by atoms with Crippen LogP contribution in [0.2, 0.25) is 0 Å². The summed E-state index contributed by atoms with van der Waals surface area (Å²) in [6.45, 7) is 2.76. The van der Waals surface area contributed by atoms with Crippen molar-refractivity contribution in [2.75, 3.05) is 19.6 Å². The summed E-state index contributed by atoms with van der Waals surface area (Å²) in [5, 5.41) is 9.81. The zero-order valence-corrected chi connectivity index (χ0v) is 16.2. The first-order valence-corrected chi connectivity index (χ1v) is 10.6. The van der Waals surface area contributed by atoms with Crippen molar-refractivity contribution in [1.82, 2.24) is 9.80 Å². The normalized spacial score (nSPS) is 32.6. The SMILES string of the molecule is O=C1N(C2CCC(O)CC2)CCCC12CCCN2C/C=C/c1ccccc1. The van der Waals surface area contributed by atoms with Gasteiger partial charge in [-0.2, -0.15) is 0 Å². The van der Waals surface area contributed by atoms with Gasteiger partial charge in [0, 0.05) is 19.1 Å². The first-order valence-electron chi connectivity index (χ1n) is 10.6. The Labute approximate surface area is 162 Å². The van der Waals surface area contributed by atoms with Crippen LogP contribution < -0.4 is 0 Å². The monoisotopic (exact) mass is 368 g/mol. The van der Waals surface area contributed by atoms with Gasteiger partial charge in [-0.05, 0) is 63.5 Å². The van der Waals surface area contributed by atoms with Crippen molar-refractivity contribution in [3.63, 3.8) is 0 Å². The number of carbonyl (C=O) groups excluding carboxylic acids is 1. The molecule has 1 atom stereocenters. The van der Waals surface area contributed by atoms with Gasteiger partial charge in [0.1, 0.15) is 5.54 Å². The Kier molecular flexibility index (Phi) is 5.65. The molecule has 0 aromatic heterocycles. The molecule has 27 heavy (non-hydrogen) atoms. The van der Waals surface area contributed by atoms with Gasteiger partial charge in [-0.15, -0.1) is 0 Å². The Morgan fingerprint density at radius 2 is 1.74 bits per heavy atom. The van der Waals surface area contributed by atoms with E-state index in [-0.39, 0.29) is 11.6 Å². The topological polar surface area (TPSA) is 43.8 Å². The maximum atomic E-state index is 13.6. The van der Waals surface area contributed by atoms with Crippen molar-refractivity contribution in [1.29, 1.82) is 0 Å². The number of likely N-dealkylation sites (tertiary alicyclic amines) is 2. The van der Waals surface area contributed by atoms with E-state index in [4.69, 9.17) is 0 Å². The molecule has 1 saturated carbocycles. The third-order valence-electron chi connectivity index (χ3n) is 6.81. The Morgan fingerprint density at radius 3 is 2.48 bits per heavy atom. The molecule has 1 aliphatic carbocycles. The molecule has 146 valence electrons. The van der Waals surface area contributed by atoms with Crippen LogP contribution in [0.3, 0.4) is 0 Å². The van der Waals surface area contributed by atoms with E-state index < -0.39 is 0 Å². The van der Waals surface area contributed by atoms with E-state index in [0.29, 0.717) is 11.9 Å². The summed E-state index contributed by atoms with van der Waals surface area (Å²) >= 11 is 0. The lowest BCUT2D eigenvalue weighted by Crippen LogP contribution is -2.62. The molecule has 1 amide bonds. The molecule has 0 radical (unpaired) electrons. The number of carbonyl (C=O) groups is 1. The summed E-state index contributed by atoms with van der Waals surface area (Å²) in [7, 11) is 0. The van der Waals surface area contributed by atoms with E-state index in [9.17, 15) is 9.90 Å². The average molecular weight is 369 g/mol. The molecule has 3 aliphatic rings. The number of aliphatic hydroxyl groups excluding tert-OH is 1. The van der Waals surface area contributed by atoms with Crippen molar-refractivity contribution < 1.29 is 9.90 Å². The van der Waals surface area contributed by atoms with Crippen LogP contribution in [-0.2, 0) is 4.79 Å². The van der Waals surface area contributed by atoms with Crippen LogP contribution in [0.15, 0.2) is 36.4 Å². The third kappa shape index (κ3) is 3.83. The van der Waals surface area contributed by atoms with Crippen LogP contribution in [0, 0.1) is 0 Å². The number of piperidine rings is 1. The summed E-state index contributed by atoms with van der Waals surface area (Å²) in [5.41, 5.74) is 0.929. The average Bonchev–Trinajstić information content (AvgIpc) is 3.09. The summed E-state index contributed by atoms with van der Waals surface area (Å²) in [5.74, 6) is 0.362. The highest BCUT2D eigenvalue weighted by Gasteiger charge is 2.51. The van der Waals surface area contributed by atoms with Gasteiger partial charge < -0.3 is 10.0 Å². The number of rotatable bonds is 4. The minimum absolute atomic E-state index is 0.166. The molecule has 2 aliphatic heterocycles. The van der Waals surface area contributed by atoms with Gasteiger partial charge in [0.15, 0.2) is 0 Å². The van der Waals surface area contributed by atoms with Gasteiger partial charge in [-0.3, -0.25) is 9.69 Å². The molecule has 4 rings (SSSR count). The fraction of sp³-hybridized carbons (Fsp3) is 0.609. The molecule has 4 nitrogen and oxygen atoms in total. The predicted molar refractivity (Wildman–Crippen MR) is 108 cm³/mol. The van der Waals surface area contributed by atoms with E-state index in [2.05, 4.69) is 46.2 Å². The highest BCUT2D eigenvalue weighted by Crippen LogP contribution is 2.40. The van der Waals surface area contributed by atoms with Crippen molar-refractivity contribution in [2.24, 2.45) is 0 Å². The second-order valence-electron chi connectivity index (χ2n) is 8.46. The lowest BCUT2D eigenvalue weighted by molar-refractivity contribution is -0.151. The van der Waals surface area contributed by atoms with Crippen LogP contribution in [0.25, 0.3) is 6.08 Å². The summed E-state index contributed by atoms with van der Waals surface area (Å²) in [6, 6.07) is 10.7. The van der Waals surface area contributed by atoms with E-state index in [1.54, 1.807) is 0 Å². The van der Waals surface area contributed by atoms with Gasteiger partial charge in [0.2, 0.25) is 5.91 Å². The van der Waals surface area contributed by atoms with E-state index in [0.717, 1.165) is 71.0 Å². The molecule has 1 N–H and O–H groups in total. The predicted octanol–water partition coefficient (Wildman–Crippen LogP) is 3.46. The van der Waals surface area contributed by atoms with Crippen LogP contribution in [0.1, 0.15) is 56.9 Å². The van der Waals surface area contributed by atoms with E-state index in [1.165, 1.54) is 5.56 Å². The number of hydrogen-bond donors (Lipinski definition) is 1. The highest BCUT2D eigenvalue weighted by atomic mass is 16.3. The minimum Gasteiger partial charge on any atom is -0.393 e. The summed E-state index contributed by atoms with van der Waals surface area (Å²) in [6.07, 6.45) is 12.0. The van der Waals surface area contributed by atoms with Crippen molar-refractivity contribution in [2.45, 2.75) is 69.1 Å². The Hall–Kier alpha value is -1.65. The molecule has 1 aromatic rings. The fourth-order valence-corrected chi connectivity index (χ4v) is 5.34. The molecule has 1 spiro atoms. The molecule has 0 bridgehead atoms. The molecule has 4 heteroatoms. The smallest absolute Gasteiger partial charge is 0.243 e. The Morgan fingerprint density at radius 1 is 1.04 bits per heavy atom. The molecule has 1 unspecified atom stereocenters. The minimum atomic E-state index is -0.282. The second-order valence-corrected chi connectivity index (χ2v) is 8.46. The molecule has 2 heterocycles. The molecular formula is C23H32N2O2. The second kappa shape index (κ2) is 8.15. The van der Waals surface area contributed by atoms with Crippen LogP contribution in [0.4, 0.5) is 0 Å². The van der Waals surface area contributed by atoms with Gasteiger partial charge in [0.25, 0.3) is 0 Å². The maximum Gasteiger partial charge on any atom is 0.243 e. The lowest BCUT2D eigenvalue weighted by atomic mass is 9.82. The third-order valence-corrected chi connectivity index (χ3v) is 6.81. The van der Waals surface area contributed by atoms with E-state index in [1.807, 2.05) is 6.07 Å². The van der Waals surface area contributed by atoms with Gasteiger partial charge >= 0.3 is 0 Å². The first-order chi connectivity index (χ1) is 13.2. The largest absolute Gasteiger partial charge is 0.393 e. The van der Waals surface area contributed by atoms with Gasteiger partial charge in [0.05, 0.1) is 6.10 Å². The highest BCUT2D eigenvalue weighted by molar-refractivity contribution is 5.88. The van der Waals surface area contributed by atoms with Crippen LogP contribution in [0.5, 0.6) is 0 Å². The number of benzene rings is 1. The fourth-order valence-electron chi connectivity index (χ4n) is 5.34. The van der Waals surface area contributed by atoms with Gasteiger partial charge in [-0.1, -0.05) is 42.5 Å². The number of nitrogens with zero attached hydrogens (tertiary/aromatic N) is 2. The maximum absolute atomic E-state index is 13.6. The standard InChI is InChI=1S/C23H32N2O2/c26-21-12-10-20(11-13-21)25-18-6-15-23(22(25)27)14-5-17-24(23)16-4-9-19-7-2-1-3-8-19/h1-4,7-9,20-21,26H,5-6,10-18H2/b9-4+. The summed E-state index contributed by atoms with van der Waals surface area (Å²) < 4.78 is 0. The van der Waals surface area contributed by atoms with Crippen molar-refractivity contribution >= 4 is 12.0 Å². The van der Waals surface area contributed by atoms with Crippen LogP contribution in [-0.4, -0.2) is 58.1 Å².